The number of amidine groups is 1. The number of allylic oxidation sites excluding steroid dienone is 1. The van der Waals surface area contributed by atoms with Gasteiger partial charge in [0.25, 0.3) is 0 Å². The van der Waals surface area contributed by atoms with Crippen molar-refractivity contribution in [2.45, 2.75) is 6.42 Å². The highest BCUT2D eigenvalue weighted by Crippen LogP contribution is 2.25. The summed E-state index contributed by atoms with van der Waals surface area (Å²) in [6.07, 6.45) is 7.82. The molecule has 1 aliphatic heterocycles. The van der Waals surface area contributed by atoms with Crippen molar-refractivity contribution in [2.24, 2.45) is 4.99 Å². The molecule has 3 rings (SSSR count). The lowest BCUT2D eigenvalue weighted by molar-refractivity contribution is 1.26. The highest BCUT2D eigenvalue weighted by atomic mass is 15.0. The van der Waals surface area contributed by atoms with Gasteiger partial charge in [0.1, 0.15) is 11.7 Å². The fourth-order valence-electron chi connectivity index (χ4n) is 2.16. The minimum atomic E-state index is 0.452. The largest absolute Gasteiger partial charge is 0.345 e. The van der Waals surface area contributed by atoms with Crippen LogP contribution in [0.4, 0.5) is 5.69 Å². The van der Waals surface area contributed by atoms with Gasteiger partial charge in [-0.05, 0) is 23.8 Å². The van der Waals surface area contributed by atoms with Crippen molar-refractivity contribution in [3.63, 3.8) is 0 Å². The van der Waals surface area contributed by atoms with E-state index >= 15 is 0 Å². The molecule has 1 aliphatic rings. The predicted molar refractivity (Wildman–Crippen MR) is 81.6 cm³/mol. The average molecular weight is 265 g/mol. The lowest BCUT2D eigenvalue weighted by Gasteiger charge is -2.03. The molecule has 0 amide bonds. The quantitative estimate of drug-likeness (QED) is 0.746. The first-order chi connectivity index (χ1) is 9.76. The molecule has 0 saturated carbocycles. The summed E-state index contributed by atoms with van der Waals surface area (Å²) in [6.45, 7) is 0. The van der Waals surface area contributed by atoms with Crippen LogP contribution in [0.25, 0.3) is 6.08 Å². The third-order valence-corrected chi connectivity index (χ3v) is 3.25. The zero-order valence-corrected chi connectivity index (χ0v) is 11.1. The second-order valence-corrected chi connectivity index (χ2v) is 4.57. The Balaban J connectivity index is 1.80. The first-order valence-corrected chi connectivity index (χ1v) is 6.38. The van der Waals surface area contributed by atoms with E-state index in [2.05, 4.69) is 20.3 Å². The number of rotatable bonds is 3. The molecule has 0 bridgehead atoms. The summed E-state index contributed by atoms with van der Waals surface area (Å²) < 4.78 is 0. The van der Waals surface area contributed by atoms with Gasteiger partial charge in [-0.1, -0.05) is 12.1 Å². The van der Waals surface area contributed by atoms with E-state index < -0.39 is 0 Å². The van der Waals surface area contributed by atoms with Crippen LogP contribution in [-0.2, 0) is 6.42 Å². The molecule has 0 spiro atoms. The molecule has 0 saturated heterocycles. The van der Waals surface area contributed by atoms with Gasteiger partial charge in [-0.3, -0.25) is 4.99 Å². The van der Waals surface area contributed by atoms with Crippen LogP contribution in [0.15, 0.2) is 41.7 Å². The second-order valence-electron chi connectivity index (χ2n) is 4.57. The van der Waals surface area contributed by atoms with Crippen molar-refractivity contribution in [3.05, 3.63) is 53.6 Å². The Hall–Kier alpha value is -2.69. The Bertz CT molecular complexity index is 695. The number of hydrogen-bond acceptors (Lipinski definition) is 3. The fourth-order valence-corrected chi connectivity index (χ4v) is 2.16. The fraction of sp³-hybridized carbons (Fsp3) is 0.133. The number of aromatic nitrogens is 2. The third kappa shape index (κ3) is 2.38. The van der Waals surface area contributed by atoms with Crippen molar-refractivity contribution >= 4 is 23.3 Å². The Kier molecular flexibility index (Phi) is 3.16. The molecule has 5 heteroatoms. The van der Waals surface area contributed by atoms with Crippen molar-refractivity contribution in [3.8, 4) is 0 Å². The van der Waals surface area contributed by atoms with Gasteiger partial charge in [-0.2, -0.15) is 0 Å². The number of aliphatic imine (C=N–C) groups is 1. The topological polar surface area (TPSA) is 76.9 Å². The molecular formula is C15H15N5. The summed E-state index contributed by atoms with van der Waals surface area (Å²) in [6, 6.07) is 6.00. The number of anilines is 1. The average Bonchev–Trinajstić information content (AvgIpc) is 3.12. The monoisotopic (exact) mass is 265 g/mol. The molecule has 100 valence electrons. The van der Waals surface area contributed by atoms with Gasteiger partial charge in [-0.25, -0.2) is 4.98 Å². The van der Waals surface area contributed by atoms with E-state index in [0.29, 0.717) is 5.71 Å². The minimum Gasteiger partial charge on any atom is -0.345 e. The first kappa shape index (κ1) is 12.3. The van der Waals surface area contributed by atoms with Crippen LogP contribution in [0.5, 0.6) is 0 Å². The van der Waals surface area contributed by atoms with Crippen LogP contribution in [0.3, 0.4) is 0 Å². The van der Waals surface area contributed by atoms with Crippen molar-refractivity contribution in [2.75, 3.05) is 12.4 Å². The van der Waals surface area contributed by atoms with Crippen LogP contribution in [-0.4, -0.2) is 28.6 Å². The summed E-state index contributed by atoms with van der Waals surface area (Å²) in [5.41, 5.74) is 3.58. The standard InChI is InChI=1S/C15H15N5/c1-17-15-9-11-3-2-10(8-13(11)20-15)12(16)4-5-14-18-6-7-19-14/h2-8,16H,9H2,1H3,(H,17,20)(H,18,19)/b5-4-,16-12?. The highest BCUT2D eigenvalue weighted by Gasteiger charge is 2.15. The zero-order chi connectivity index (χ0) is 13.9. The first-order valence-electron chi connectivity index (χ1n) is 6.38. The van der Waals surface area contributed by atoms with E-state index in [4.69, 9.17) is 5.41 Å². The smallest absolute Gasteiger partial charge is 0.129 e. The molecule has 0 atom stereocenters. The summed E-state index contributed by atoms with van der Waals surface area (Å²) in [5.74, 6) is 1.71. The van der Waals surface area contributed by atoms with Crippen LogP contribution in [0.2, 0.25) is 0 Å². The molecular weight excluding hydrogens is 250 g/mol. The zero-order valence-electron chi connectivity index (χ0n) is 11.1. The van der Waals surface area contributed by atoms with Gasteiger partial charge in [-0.15, -0.1) is 0 Å². The maximum Gasteiger partial charge on any atom is 0.129 e. The van der Waals surface area contributed by atoms with Gasteiger partial charge in [0, 0.05) is 37.1 Å². The van der Waals surface area contributed by atoms with E-state index in [1.807, 2.05) is 18.2 Å². The Morgan fingerprint density at radius 3 is 3.10 bits per heavy atom. The normalized spacial score (nSPS) is 15.6. The van der Waals surface area contributed by atoms with Crippen molar-refractivity contribution in [1.29, 1.82) is 5.41 Å². The van der Waals surface area contributed by atoms with Gasteiger partial charge >= 0.3 is 0 Å². The Morgan fingerprint density at radius 2 is 2.35 bits per heavy atom. The number of imidazole rings is 1. The number of fused-ring (bicyclic) bond motifs is 1. The summed E-state index contributed by atoms with van der Waals surface area (Å²) >= 11 is 0. The van der Waals surface area contributed by atoms with Crippen LogP contribution in [0.1, 0.15) is 17.0 Å². The van der Waals surface area contributed by atoms with Crippen molar-refractivity contribution < 1.29 is 0 Å². The molecule has 3 N–H and O–H groups in total. The van der Waals surface area contributed by atoms with E-state index in [1.165, 1.54) is 5.56 Å². The molecule has 20 heavy (non-hydrogen) atoms. The predicted octanol–water partition coefficient (Wildman–Crippen LogP) is 2.49. The van der Waals surface area contributed by atoms with Crippen LogP contribution < -0.4 is 5.32 Å². The second kappa shape index (κ2) is 5.13. The number of aromatic amines is 1. The van der Waals surface area contributed by atoms with E-state index in [-0.39, 0.29) is 0 Å². The van der Waals surface area contributed by atoms with Gasteiger partial charge in [0.05, 0.1) is 5.71 Å². The van der Waals surface area contributed by atoms with Gasteiger partial charge in [0.2, 0.25) is 0 Å². The molecule has 1 aromatic carbocycles. The van der Waals surface area contributed by atoms with Crippen LogP contribution >= 0.6 is 0 Å². The molecule has 0 radical (unpaired) electrons. The van der Waals surface area contributed by atoms with Crippen molar-refractivity contribution in [1.82, 2.24) is 9.97 Å². The lowest BCUT2D eigenvalue weighted by atomic mass is 10.1. The van der Waals surface area contributed by atoms with Gasteiger partial charge < -0.3 is 15.7 Å². The Labute approximate surface area is 117 Å². The number of nitrogens with one attached hydrogen (secondary N) is 3. The number of H-pyrrole nitrogens is 1. The maximum absolute atomic E-state index is 8.10. The molecule has 1 aromatic heterocycles. The SMILES string of the molecule is CN=C1Cc2ccc(C(=N)/C=C\c3ncc[nH]3)cc2N1. The summed E-state index contributed by atoms with van der Waals surface area (Å²) in [5, 5.41) is 11.4. The van der Waals surface area contributed by atoms with E-state index in [9.17, 15) is 0 Å². The number of hydrogen-bond donors (Lipinski definition) is 3. The molecule has 2 heterocycles. The van der Waals surface area contributed by atoms with E-state index in [1.54, 1.807) is 31.6 Å². The summed E-state index contributed by atoms with van der Waals surface area (Å²) in [7, 11) is 1.78. The lowest BCUT2D eigenvalue weighted by Crippen LogP contribution is -2.05. The van der Waals surface area contributed by atoms with Gasteiger partial charge in [0.15, 0.2) is 0 Å². The Morgan fingerprint density at radius 1 is 1.45 bits per heavy atom. The third-order valence-electron chi connectivity index (χ3n) is 3.25. The maximum atomic E-state index is 8.10. The molecule has 0 aliphatic carbocycles. The minimum absolute atomic E-state index is 0.452. The van der Waals surface area contributed by atoms with Crippen LogP contribution in [0, 0.1) is 5.41 Å². The van der Waals surface area contributed by atoms with E-state index in [0.717, 1.165) is 29.3 Å². The highest BCUT2D eigenvalue weighted by molar-refractivity contribution is 6.10. The number of benzene rings is 1. The molecule has 2 aromatic rings. The molecule has 5 nitrogen and oxygen atoms in total. The summed E-state index contributed by atoms with van der Waals surface area (Å²) in [4.78, 5) is 11.2. The molecule has 0 unspecified atom stereocenters. The molecule has 0 fully saturated rings. The number of nitrogens with zero attached hydrogens (tertiary/aromatic N) is 2.